The zero-order valence-electron chi connectivity index (χ0n) is 16.7. The Hall–Kier alpha value is -1.75. The van der Waals surface area contributed by atoms with Crippen LogP contribution < -0.4 is 15.5 Å². The summed E-state index contributed by atoms with van der Waals surface area (Å²) in [6, 6.07) is 9.11. The maximum Gasteiger partial charge on any atom is 0.191 e. The molecule has 3 N–H and O–H groups in total. The Morgan fingerprint density at radius 1 is 1.23 bits per heavy atom. The third-order valence-electron chi connectivity index (χ3n) is 5.11. The van der Waals surface area contributed by atoms with E-state index in [1.165, 1.54) is 11.3 Å². The maximum absolute atomic E-state index is 9.22. The zero-order valence-corrected chi connectivity index (χ0v) is 16.7. The van der Waals surface area contributed by atoms with Crippen LogP contribution in [0.15, 0.2) is 29.3 Å². The highest BCUT2D eigenvalue weighted by Crippen LogP contribution is 2.28. The smallest absolute Gasteiger partial charge is 0.191 e. The van der Waals surface area contributed by atoms with Crippen LogP contribution in [-0.2, 0) is 6.42 Å². The van der Waals surface area contributed by atoms with E-state index in [0.29, 0.717) is 12.0 Å². The molecular weight excluding hydrogens is 324 g/mol. The Morgan fingerprint density at radius 3 is 2.77 bits per heavy atom. The van der Waals surface area contributed by atoms with Gasteiger partial charge in [0, 0.05) is 44.5 Å². The summed E-state index contributed by atoms with van der Waals surface area (Å²) in [5.74, 6) is 1.34. The van der Waals surface area contributed by atoms with Gasteiger partial charge in [-0.3, -0.25) is 4.99 Å². The van der Waals surface area contributed by atoms with Gasteiger partial charge in [-0.1, -0.05) is 31.5 Å². The summed E-state index contributed by atoms with van der Waals surface area (Å²) in [6.45, 7) is 10.4. The molecule has 0 amide bonds. The first-order valence-electron chi connectivity index (χ1n) is 10.2. The Bertz CT molecular complexity index is 555. The molecule has 0 aliphatic carbocycles. The van der Waals surface area contributed by atoms with Crippen LogP contribution in [0.25, 0.3) is 0 Å². The van der Waals surface area contributed by atoms with Crippen LogP contribution in [0.1, 0.15) is 45.6 Å². The van der Waals surface area contributed by atoms with Gasteiger partial charge in [0.1, 0.15) is 0 Å². The number of fused-ring (bicyclic) bond motifs is 1. The highest BCUT2D eigenvalue weighted by molar-refractivity contribution is 5.79. The minimum absolute atomic E-state index is 0.246. The molecule has 5 heteroatoms. The van der Waals surface area contributed by atoms with E-state index in [1.807, 2.05) is 0 Å². The van der Waals surface area contributed by atoms with E-state index >= 15 is 0 Å². The second-order valence-corrected chi connectivity index (χ2v) is 7.19. The van der Waals surface area contributed by atoms with E-state index in [0.717, 1.165) is 57.8 Å². The van der Waals surface area contributed by atoms with Gasteiger partial charge in [-0.15, -0.1) is 0 Å². The van der Waals surface area contributed by atoms with Crippen LogP contribution in [0.2, 0.25) is 0 Å². The molecule has 0 saturated carbocycles. The van der Waals surface area contributed by atoms with Gasteiger partial charge in [0.25, 0.3) is 0 Å². The molecule has 1 aromatic carbocycles. The van der Waals surface area contributed by atoms with Gasteiger partial charge in [0.05, 0.1) is 0 Å². The van der Waals surface area contributed by atoms with E-state index in [2.05, 4.69) is 60.6 Å². The highest BCUT2D eigenvalue weighted by atomic mass is 16.3. The van der Waals surface area contributed by atoms with Crippen molar-refractivity contribution in [1.29, 1.82) is 0 Å². The zero-order chi connectivity index (χ0) is 18.8. The number of nitrogens with one attached hydrogen (secondary N) is 2. The topological polar surface area (TPSA) is 59.9 Å². The van der Waals surface area contributed by atoms with Crippen molar-refractivity contribution in [3.63, 3.8) is 0 Å². The van der Waals surface area contributed by atoms with Crippen molar-refractivity contribution in [3.05, 3.63) is 29.8 Å². The number of nitrogens with zero attached hydrogens (tertiary/aromatic N) is 2. The Balaban J connectivity index is 1.90. The lowest BCUT2D eigenvalue weighted by atomic mass is 10.0. The van der Waals surface area contributed by atoms with Crippen molar-refractivity contribution in [2.45, 2.75) is 52.5 Å². The van der Waals surface area contributed by atoms with E-state index in [9.17, 15) is 5.11 Å². The van der Waals surface area contributed by atoms with E-state index in [-0.39, 0.29) is 6.61 Å². The first-order valence-corrected chi connectivity index (χ1v) is 10.2. The summed E-state index contributed by atoms with van der Waals surface area (Å²) in [5, 5.41) is 16.1. The lowest BCUT2D eigenvalue weighted by molar-refractivity contribution is 0.253. The third-order valence-corrected chi connectivity index (χ3v) is 5.11. The van der Waals surface area contributed by atoms with Gasteiger partial charge in [0.15, 0.2) is 5.96 Å². The number of rotatable bonds is 10. The number of benzene rings is 1. The van der Waals surface area contributed by atoms with Crippen molar-refractivity contribution < 1.29 is 5.11 Å². The summed E-state index contributed by atoms with van der Waals surface area (Å²) in [6.07, 6.45) is 4.21. The molecule has 0 radical (unpaired) electrons. The molecule has 0 bridgehead atoms. The standard InChI is InChI=1S/C21H36N4O/c1-4-8-18(12-14-26)16-24-21(22-5-2)23-15-17(3)25-13-11-19-9-6-7-10-20(19)25/h6-7,9-10,17-18,26H,4-5,8,11-16H2,1-3H3,(H2,22,23,24). The molecule has 0 fully saturated rings. The fourth-order valence-electron chi connectivity index (χ4n) is 3.66. The van der Waals surface area contributed by atoms with Crippen LogP contribution in [0.3, 0.4) is 0 Å². The lowest BCUT2D eigenvalue weighted by Crippen LogP contribution is -2.45. The summed E-state index contributed by atoms with van der Waals surface area (Å²) in [7, 11) is 0. The van der Waals surface area contributed by atoms with Crippen molar-refractivity contribution in [1.82, 2.24) is 10.6 Å². The number of aliphatic imine (C=N–C) groups is 1. The van der Waals surface area contributed by atoms with Crippen molar-refractivity contribution >= 4 is 11.6 Å². The number of hydrogen-bond acceptors (Lipinski definition) is 3. The molecule has 2 unspecified atom stereocenters. The molecule has 0 spiro atoms. The SMILES string of the molecule is CCCC(CCO)CN=C(NCC)NCC(C)N1CCc2ccccc21. The van der Waals surface area contributed by atoms with Gasteiger partial charge in [-0.25, -0.2) is 0 Å². The van der Waals surface area contributed by atoms with Crippen LogP contribution in [-0.4, -0.2) is 49.9 Å². The predicted molar refractivity (Wildman–Crippen MR) is 111 cm³/mol. The fourth-order valence-corrected chi connectivity index (χ4v) is 3.66. The van der Waals surface area contributed by atoms with Gasteiger partial charge in [-0.2, -0.15) is 0 Å². The quantitative estimate of drug-likeness (QED) is 0.444. The van der Waals surface area contributed by atoms with E-state index in [1.54, 1.807) is 0 Å². The van der Waals surface area contributed by atoms with Gasteiger partial charge < -0.3 is 20.6 Å². The van der Waals surface area contributed by atoms with E-state index < -0.39 is 0 Å². The predicted octanol–water partition coefficient (Wildman–Crippen LogP) is 2.79. The normalized spacial score (nSPS) is 16.3. The monoisotopic (exact) mass is 360 g/mol. The number of anilines is 1. The number of hydrogen-bond donors (Lipinski definition) is 3. The molecule has 2 atom stereocenters. The summed E-state index contributed by atoms with van der Waals surface area (Å²) >= 11 is 0. The number of para-hydroxylation sites is 1. The van der Waals surface area contributed by atoms with Crippen molar-refractivity contribution in [2.75, 3.05) is 37.7 Å². The second-order valence-electron chi connectivity index (χ2n) is 7.19. The average molecular weight is 361 g/mol. The molecule has 146 valence electrons. The minimum atomic E-state index is 0.246. The van der Waals surface area contributed by atoms with Crippen LogP contribution in [0.4, 0.5) is 5.69 Å². The molecule has 2 rings (SSSR count). The van der Waals surface area contributed by atoms with Gasteiger partial charge in [0.2, 0.25) is 0 Å². The molecular formula is C21H36N4O. The molecule has 1 aromatic rings. The molecule has 1 aliphatic heterocycles. The van der Waals surface area contributed by atoms with Crippen LogP contribution >= 0.6 is 0 Å². The summed E-state index contributed by atoms with van der Waals surface area (Å²) < 4.78 is 0. The summed E-state index contributed by atoms with van der Waals surface area (Å²) in [4.78, 5) is 7.24. The number of aliphatic hydroxyl groups excluding tert-OH is 1. The largest absolute Gasteiger partial charge is 0.396 e. The molecule has 0 aromatic heterocycles. The van der Waals surface area contributed by atoms with Crippen molar-refractivity contribution in [2.24, 2.45) is 10.9 Å². The summed E-state index contributed by atoms with van der Waals surface area (Å²) in [5.41, 5.74) is 2.82. The second kappa shape index (κ2) is 11.1. The first kappa shape index (κ1) is 20.6. The maximum atomic E-state index is 9.22. The average Bonchev–Trinajstić information content (AvgIpc) is 3.08. The Morgan fingerprint density at radius 2 is 2.04 bits per heavy atom. The molecule has 0 saturated heterocycles. The Labute approximate surface area is 158 Å². The van der Waals surface area contributed by atoms with E-state index in [4.69, 9.17) is 4.99 Å². The van der Waals surface area contributed by atoms with Gasteiger partial charge in [-0.05, 0) is 50.7 Å². The molecule has 5 nitrogen and oxygen atoms in total. The molecule has 1 aliphatic rings. The lowest BCUT2D eigenvalue weighted by Gasteiger charge is -2.28. The number of guanidine groups is 1. The Kier molecular flexibility index (Phi) is 8.75. The third kappa shape index (κ3) is 5.90. The minimum Gasteiger partial charge on any atom is -0.396 e. The highest BCUT2D eigenvalue weighted by Gasteiger charge is 2.22. The van der Waals surface area contributed by atoms with Crippen LogP contribution in [0.5, 0.6) is 0 Å². The van der Waals surface area contributed by atoms with Crippen molar-refractivity contribution in [3.8, 4) is 0 Å². The number of aliphatic hydroxyl groups is 1. The first-order chi connectivity index (χ1) is 12.7. The van der Waals surface area contributed by atoms with Gasteiger partial charge >= 0.3 is 0 Å². The molecule has 1 heterocycles. The fraction of sp³-hybridized carbons (Fsp3) is 0.667. The molecule has 26 heavy (non-hydrogen) atoms. The van der Waals surface area contributed by atoms with Crippen LogP contribution in [0, 0.1) is 5.92 Å².